The SMILES string of the molecule is CN(C)CCCNC(=O)c1nc(C(=O)NCCc2ccccc2)n2ccccc12. The van der Waals surface area contributed by atoms with Gasteiger partial charge in [-0.2, -0.15) is 0 Å². The lowest BCUT2D eigenvalue weighted by atomic mass is 10.1. The topological polar surface area (TPSA) is 78.7 Å². The van der Waals surface area contributed by atoms with Gasteiger partial charge in [0, 0.05) is 19.3 Å². The summed E-state index contributed by atoms with van der Waals surface area (Å²) in [6, 6.07) is 15.4. The first kappa shape index (κ1) is 20.5. The predicted octanol–water partition coefficient (Wildman–Crippen LogP) is 1.99. The maximum absolute atomic E-state index is 12.7. The van der Waals surface area contributed by atoms with Crippen molar-refractivity contribution in [3.63, 3.8) is 0 Å². The van der Waals surface area contributed by atoms with E-state index < -0.39 is 0 Å². The number of nitrogens with one attached hydrogen (secondary N) is 2. The first-order valence-electron chi connectivity index (χ1n) is 9.78. The second kappa shape index (κ2) is 9.84. The molecule has 0 fully saturated rings. The highest BCUT2D eigenvalue weighted by molar-refractivity contribution is 6.02. The smallest absolute Gasteiger partial charge is 0.287 e. The Morgan fingerprint density at radius 3 is 2.45 bits per heavy atom. The van der Waals surface area contributed by atoms with Gasteiger partial charge in [0.2, 0.25) is 5.82 Å². The lowest BCUT2D eigenvalue weighted by Gasteiger charge is -2.09. The zero-order valence-corrected chi connectivity index (χ0v) is 16.9. The van der Waals surface area contributed by atoms with Crippen molar-refractivity contribution in [2.75, 3.05) is 33.7 Å². The molecule has 0 bridgehead atoms. The maximum Gasteiger partial charge on any atom is 0.287 e. The molecule has 0 unspecified atom stereocenters. The summed E-state index contributed by atoms with van der Waals surface area (Å²) in [5.74, 6) is -0.350. The van der Waals surface area contributed by atoms with Crippen molar-refractivity contribution in [1.29, 1.82) is 0 Å². The van der Waals surface area contributed by atoms with E-state index in [4.69, 9.17) is 0 Å². The van der Waals surface area contributed by atoms with Crippen molar-refractivity contribution in [3.05, 3.63) is 71.8 Å². The summed E-state index contributed by atoms with van der Waals surface area (Å²) in [5.41, 5.74) is 2.04. The quantitative estimate of drug-likeness (QED) is 0.545. The van der Waals surface area contributed by atoms with Crippen LogP contribution in [0.4, 0.5) is 0 Å². The average Bonchev–Trinajstić information content (AvgIpc) is 3.11. The van der Waals surface area contributed by atoms with Crippen LogP contribution in [-0.2, 0) is 6.42 Å². The fraction of sp³-hybridized carbons (Fsp3) is 0.318. The van der Waals surface area contributed by atoms with Crippen LogP contribution in [0.3, 0.4) is 0 Å². The largest absolute Gasteiger partial charge is 0.351 e. The molecular formula is C22H27N5O2. The number of nitrogens with zero attached hydrogens (tertiary/aromatic N) is 3. The number of pyridine rings is 1. The summed E-state index contributed by atoms with van der Waals surface area (Å²) in [6.45, 7) is 1.94. The van der Waals surface area contributed by atoms with Crippen LogP contribution in [0.25, 0.3) is 5.52 Å². The number of hydrogen-bond acceptors (Lipinski definition) is 4. The average molecular weight is 393 g/mol. The Morgan fingerprint density at radius 2 is 1.69 bits per heavy atom. The molecule has 2 amide bonds. The Morgan fingerprint density at radius 1 is 0.966 bits per heavy atom. The molecule has 0 radical (unpaired) electrons. The standard InChI is InChI=1S/C22H27N5O2/c1-26(2)15-8-13-23-21(28)19-18-11-6-7-16-27(18)20(25-19)22(29)24-14-12-17-9-4-3-5-10-17/h3-7,9-11,16H,8,12-15H2,1-2H3,(H,23,28)(H,24,29). The number of fused-ring (bicyclic) bond motifs is 1. The fourth-order valence-electron chi connectivity index (χ4n) is 3.09. The Balaban J connectivity index is 1.68. The minimum absolute atomic E-state index is 0.215. The fourth-order valence-corrected chi connectivity index (χ4v) is 3.09. The van der Waals surface area contributed by atoms with Crippen molar-refractivity contribution in [1.82, 2.24) is 24.9 Å². The van der Waals surface area contributed by atoms with Crippen LogP contribution in [0.5, 0.6) is 0 Å². The lowest BCUT2D eigenvalue weighted by molar-refractivity contribution is 0.0943. The van der Waals surface area contributed by atoms with Gasteiger partial charge in [-0.25, -0.2) is 4.98 Å². The zero-order chi connectivity index (χ0) is 20.6. The van der Waals surface area contributed by atoms with Gasteiger partial charge in [-0.15, -0.1) is 0 Å². The van der Waals surface area contributed by atoms with Gasteiger partial charge in [0.1, 0.15) is 0 Å². The van der Waals surface area contributed by atoms with Crippen LogP contribution < -0.4 is 10.6 Å². The van der Waals surface area contributed by atoms with Gasteiger partial charge in [0.05, 0.1) is 5.52 Å². The summed E-state index contributed by atoms with van der Waals surface area (Å²) < 4.78 is 1.66. The number of carbonyl (C=O) groups excluding carboxylic acids is 2. The van der Waals surface area contributed by atoms with E-state index in [-0.39, 0.29) is 23.3 Å². The lowest BCUT2D eigenvalue weighted by Crippen LogP contribution is -2.28. The molecule has 0 spiro atoms. The van der Waals surface area contributed by atoms with E-state index >= 15 is 0 Å². The number of amides is 2. The Bertz CT molecular complexity index is 966. The zero-order valence-electron chi connectivity index (χ0n) is 16.9. The predicted molar refractivity (Wildman–Crippen MR) is 113 cm³/mol. The van der Waals surface area contributed by atoms with E-state index in [1.54, 1.807) is 16.7 Å². The Hall–Kier alpha value is -3.19. The van der Waals surface area contributed by atoms with Crippen LogP contribution in [0, 0.1) is 0 Å². The van der Waals surface area contributed by atoms with Crippen molar-refractivity contribution in [3.8, 4) is 0 Å². The molecule has 2 N–H and O–H groups in total. The van der Waals surface area contributed by atoms with Crippen molar-refractivity contribution >= 4 is 17.3 Å². The molecule has 3 aromatic rings. The number of hydrogen-bond donors (Lipinski definition) is 2. The van der Waals surface area contributed by atoms with E-state index in [9.17, 15) is 9.59 Å². The Kier molecular flexibility index (Phi) is 6.97. The second-order valence-electron chi connectivity index (χ2n) is 7.14. The summed E-state index contributed by atoms with van der Waals surface area (Å²) >= 11 is 0. The van der Waals surface area contributed by atoms with Crippen LogP contribution in [0.15, 0.2) is 54.7 Å². The normalized spacial score (nSPS) is 11.0. The van der Waals surface area contributed by atoms with Gasteiger partial charge in [-0.3, -0.25) is 14.0 Å². The number of carbonyl (C=O) groups is 2. The molecule has 7 heteroatoms. The summed E-state index contributed by atoms with van der Waals surface area (Å²) in [4.78, 5) is 31.7. The minimum atomic E-state index is -0.297. The molecule has 0 saturated carbocycles. The van der Waals surface area contributed by atoms with Crippen LogP contribution in [-0.4, -0.2) is 59.8 Å². The molecule has 1 aromatic carbocycles. The van der Waals surface area contributed by atoms with E-state index in [0.717, 1.165) is 24.9 Å². The molecule has 0 saturated heterocycles. The maximum atomic E-state index is 12.7. The summed E-state index contributed by atoms with van der Waals surface area (Å²) in [7, 11) is 3.99. The number of aromatic nitrogens is 2. The third-order valence-corrected chi connectivity index (χ3v) is 4.58. The molecule has 2 heterocycles. The van der Waals surface area contributed by atoms with E-state index in [0.29, 0.717) is 18.6 Å². The highest BCUT2D eigenvalue weighted by atomic mass is 16.2. The number of rotatable bonds is 9. The van der Waals surface area contributed by atoms with Crippen LogP contribution in [0.2, 0.25) is 0 Å². The Labute approximate surface area is 170 Å². The van der Waals surface area contributed by atoms with Gasteiger partial charge in [-0.05, 0) is 51.2 Å². The third-order valence-electron chi connectivity index (χ3n) is 4.58. The van der Waals surface area contributed by atoms with Crippen LogP contribution in [0.1, 0.15) is 33.1 Å². The molecule has 7 nitrogen and oxygen atoms in total. The third kappa shape index (κ3) is 5.42. The molecule has 152 valence electrons. The number of benzene rings is 1. The second-order valence-corrected chi connectivity index (χ2v) is 7.14. The van der Waals surface area contributed by atoms with E-state index in [2.05, 4.69) is 20.5 Å². The highest BCUT2D eigenvalue weighted by Crippen LogP contribution is 2.13. The van der Waals surface area contributed by atoms with Crippen molar-refractivity contribution in [2.24, 2.45) is 0 Å². The van der Waals surface area contributed by atoms with Gasteiger partial charge >= 0.3 is 0 Å². The molecule has 0 atom stereocenters. The van der Waals surface area contributed by atoms with Crippen molar-refractivity contribution < 1.29 is 9.59 Å². The van der Waals surface area contributed by atoms with E-state index in [1.807, 2.05) is 56.6 Å². The van der Waals surface area contributed by atoms with Crippen molar-refractivity contribution in [2.45, 2.75) is 12.8 Å². The highest BCUT2D eigenvalue weighted by Gasteiger charge is 2.21. The molecule has 2 aromatic heterocycles. The molecular weight excluding hydrogens is 366 g/mol. The van der Waals surface area contributed by atoms with E-state index in [1.165, 1.54) is 0 Å². The van der Waals surface area contributed by atoms with Crippen LogP contribution >= 0.6 is 0 Å². The summed E-state index contributed by atoms with van der Waals surface area (Å²) in [5, 5.41) is 5.79. The summed E-state index contributed by atoms with van der Waals surface area (Å²) in [6.07, 6.45) is 3.32. The molecule has 0 aliphatic rings. The first-order valence-corrected chi connectivity index (χ1v) is 9.78. The van der Waals surface area contributed by atoms with Gasteiger partial charge < -0.3 is 15.5 Å². The van der Waals surface area contributed by atoms with Gasteiger partial charge in [-0.1, -0.05) is 36.4 Å². The van der Waals surface area contributed by atoms with Gasteiger partial charge in [0.15, 0.2) is 5.69 Å². The van der Waals surface area contributed by atoms with Gasteiger partial charge in [0.25, 0.3) is 11.8 Å². The first-order chi connectivity index (χ1) is 14.1. The molecule has 0 aliphatic carbocycles. The molecule has 3 rings (SSSR count). The molecule has 29 heavy (non-hydrogen) atoms. The minimum Gasteiger partial charge on any atom is -0.351 e. The monoisotopic (exact) mass is 393 g/mol. The number of imidazole rings is 1. The molecule has 0 aliphatic heterocycles.